The van der Waals surface area contributed by atoms with Gasteiger partial charge in [-0.25, -0.2) is 9.97 Å². The monoisotopic (exact) mass is 383 g/mol. The highest BCUT2D eigenvalue weighted by molar-refractivity contribution is 5.92. The quantitative estimate of drug-likeness (QED) is 0.614. The van der Waals surface area contributed by atoms with Crippen molar-refractivity contribution in [2.45, 2.75) is 20.3 Å². The molecule has 0 bridgehead atoms. The fraction of sp³-hybridized carbons (Fsp3) is 0.250. The largest absolute Gasteiger partial charge is 0.504 e. The van der Waals surface area contributed by atoms with Gasteiger partial charge in [0.25, 0.3) is 0 Å². The van der Waals surface area contributed by atoms with Crippen molar-refractivity contribution in [3.63, 3.8) is 0 Å². The number of aromatic nitrogens is 2. The summed E-state index contributed by atoms with van der Waals surface area (Å²) < 4.78 is 16.7. The summed E-state index contributed by atoms with van der Waals surface area (Å²) >= 11 is 0. The Morgan fingerprint density at radius 1 is 1.18 bits per heavy atom. The SMILES string of the molecule is CCOc1ccc(-c2nc(CC(=O)Nc3ncccc3O)co2)cc1OCC. The molecular weight excluding hydrogens is 362 g/mol. The zero-order valence-corrected chi connectivity index (χ0v) is 15.6. The number of benzene rings is 1. The molecule has 0 aliphatic heterocycles. The minimum Gasteiger partial charge on any atom is -0.504 e. The highest BCUT2D eigenvalue weighted by atomic mass is 16.5. The lowest BCUT2D eigenvalue weighted by Gasteiger charge is -2.11. The van der Waals surface area contributed by atoms with Gasteiger partial charge in [0.15, 0.2) is 23.1 Å². The van der Waals surface area contributed by atoms with E-state index >= 15 is 0 Å². The summed E-state index contributed by atoms with van der Waals surface area (Å²) in [6.45, 7) is 4.83. The second-order valence-electron chi connectivity index (χ2n) is 5.77. The number of hydrogen-bond donors (Lipinski definition) is 2. The van der Waals surface area contributed by atoms with Gasteiger partial charge in [0, 0.05) is 11.8 Å². The van der Waals surface area contributed by atoms with Crippen LogP contribution in [0.3, 0.4) is 0 Å². The number of amides is 1. The standard InChI is InChI=1S/C20H21N3O5/c1-3-26-16-8-7-13(10-17(16)27-4-2)20-22-14(12-28-20)11-18(25)23-19-15(24)6-5-9-21-19/h5-10,12,24H,3-4,11H2,1-2H3,(H,21,23,25). The van der Waals surface area contributed by atoms with Crippen molar-refractivity contribution in [3.8, 4) is 28.7 Å². The van der Waals surface area contributed by atoms with E-state index in [0.29, 0.717) is 41.9 Å². The molecule has 2 aromatic heterocycles. The number of carbonyl (C=O) groups is 1. The van der Waals surface area contributed by atoms with Crippen LogP contribution in [0.4, 0.5) is 5.82 Å². The summed E-state index contributed by atoms with van der Waals surface area (Å²) in [7, 11) is 0. The van der Waals surface area contributed by atoms with Crippen LogP contribution in [0.15, 0.2) is 47.2 Å². The van der Waals surface area contributed by atoms with Crippen molar-refractivity contribution in [2.75, 3.05) is 18.5 Å². The molecule has 0 spiro atoms. The Hall–Kier alpha value is -3.55. The first-order valence-corrected chi connectivity index (χ1v) is 8.89. The second kappa shape index (κ2) is 8.90. The molecule has 3 rings (SSSR count). The van der Waals surface area contributed by atoms with Crippen LogP contribution >= 0.6 is 0 Å². The lowest BCUT2D eigenvalue weighted by Crippen LogP contribution is -2.15. The van der Waals surface area contributed by atoms with Gasteiger partial charge in [0.05, 0.1) is 25.3 Å². The highest BCUT2D eigenvalue weighted by Gasteiger charge is 2.14. The number of anilines is 1. The first kappa shape index (κ1) is 19.2. The van der Waals surface area contributed by atoms with Gasteiger partial charge in [-0.1, -0.05) is 0 Å². The summed E-state index contributed by atoms with van der Waals surface area (Å²) in [6, 6.07) is 8.41. The average Bonchev–Trinajstić information content (AvgIpc) is 3.14. The molecule has 0 radical (unpaired) electrons. The van der Waals surface area contributed by atoms with E-state index in [2.05, 4.69) is 15.3 Å². The summed E-state index contributed by atoms with van der Waals surface area (Å²) in [5.41, 5.74) is 1.16. The molecule has 1 amide bonds. The van der Waals surface area contributed by atoms with Crippen molar-refractivity contribution in [1.29, 1.82) is 0 Å². The van der Waals surface area contributed by atoms with E-state index < -0.39 is 0 Å². The molecule has 28 heavy (non-hydrogen) atoms. The molecule has 0 fully saturated rings. The fourth-order valence-electron chi connectivity index (χ4n) is 2.54. The number of nitrogens with zero attached hydrogens (tertiary/aromatic N) is 2. The van der Waals surface area contributed by atoms with E-state index in [1.807, 2.05) is 19.9 Å². The van der Waals surface area contributed by atoms with Crippen molar-refractivity contribution in [2.24, 2.45) is 0 Å². The molecule has 2 heterocycles. The van der Waals surface area contributed by atoms with Crippen LogP contribution in [-0.4, -0.2) is 34.2 Å². The van der Waals surface area contributed by atoms with Crippen LogP contribution < -0.4 is 14.8 Å². The maximum absolute atomic E-state index is 12.2. The van der Waals surface area contributed by atoms with Crippen LogP contribution in [0, 0.1) is 0 Å². The van der Waals surface area contributed by atoms with Gasteiger partial charge in [-0.3, -0.25) is 4.79 Å². The molecule has 8 heteroatoms. The van der Waals surface area contributed by atoms with Gasteiger partial charge in [0.2, 0.25) is 11.8 Å². The Labute approximate surface area is 162 Å². The topological polar surface area (TPSA) is 107 Å². The van der Waals surface area contributed by atoms with Gasteiger partial charge in [-0.15, -0.1) is 0 Å². The van der Waals surface area contributed by atoms with Crippen molar-refractivity contribution < 1.29 is 23.8 Å². The predicted molar refractivity (Wildman–Crippen MR) is 103 cm³/mol. The van der Waals surface area contributed by atoms with Crippen molar-refractivity contribution in [3.05, 3.63) is 48.5 Å². The van der Waals surface area contributed by atoms with Gasteiger partial charge < -0.3 is 24.3 Å². The Balaban J connectivity index is 1.72. The lowest BCUT2D eigenvalue weighted by molar-refractivity contribution is -0.115. The molecule has 0 saturated carbocycles. The van der Waals surface area contributed by atoms with Crippen molar-refractivity contribution in [1.82, 2.24) is 9.97 Å². The van der Waals surface area contributed by atoms with E-state index in [9.17, 15) is 9.90 Å². The molecular formula is C20H21N3O5. The summed E-state index contributed by atoms with van der Waals surface area (Å²) in [5.74, 6) is 1.25. The summed E-state index contributed by atoms with van der Waals surface area (Å²) in [4.78, 5) is 20.4. The molecule has 2 N–H and O–H groups in total. The number of oxazole rings is 1. The fourth-order valence-corrected chi connectivity index (χ4v) is 2.54. The molecule has 1 aromatic carbocycles. The average molecular weight is 383 g/mol. The number of ether oxygens (including phenoxy) is 2. The Kier molecular flexibility index (Phi) is 6.11. The van der Waals surface area contributed by atoms with Crippen LogP contribution in [-0.2, 0) is 11.2 Å². The predicted octanol–water partition coefficient (Wildman–Crippen LogP) is 3.42. The maximum Gasteiger partial charge on any atom is 0.231 e. The van der Waals surface area contributed by atoms with E-state index in [4.69, 9.17) is 13.9 Å². The Bertz CT molecular complexity index is 955. The smallest absolute Gasteiger partial charge is 0.231 e. The van der Waals surface area contributed by atoms with Crippen LogP contribution in [0.1, 0.15) is 19.5 Å². The third-order valence-electron chi connectivity index (χ3n) is 3.73. The second-order valence-corrected chi connectivity index (χ2v) is 5.77. The minimum atomic E-state index is -0.365. The van der Waals surface area contributed by atoms with E-state index in [1.54, 1.807) is 18.2 Å². The third kappa shape index (κ3) is 4.59. The van der Waals surface area contributed by atoms with E-state index in [-0.39, 0.29) is 23.9 Å². The maximum atomic E-state index is 12.2. The zero-order valence-electron chi connectivity index (χ0n) is 15.6. The molecule has 0 unspecified atom stereocenters. The van der Waals surface area contributed by atoms with Crippen LogP contribution in [0.5, 0.6) is 17.2 Å². The van der Waals surface area contributed by atoms with Crippen LogP contribution in [0.25, 0.3) is 11.5 Å². The minimum absolute atomic E-state index is 0.0190. The van der Waals surface area contributed by atoms with Gasteiger partial charge >= 0.3 is 0 Å². The van der Waals surface area contributed by atoms with Gasteiger partial charge in [-0.05, 0) is 44.2 Å². The molecule has 3 aromatic rings. The lowest BCUT2D eigenvalue weighted by atomic mass is 10.2. The number of nitrogens with one attached hydrogen (secondary N) is 1. The number of hydrogen-bond acceptors (Lipinski definition) is 7. The molecule has 0 aliphatic rings. The van der Waals surface area contributed by atoms with Crippen molar-refractivity contribution >= 4 is 11.7 Å². The molecule has 0 atom stereocenters. The number of carbonyl (C=O) groups excluding carboxylic acids is 1. The summed E-state index contributed by atoms with van der Waals surface area (Å²) in [6.07, 6.45) is 2.88. The molecule has 0 saturated heterocycles. The zero-order chi connectivity index (χ0) is 19.9. The molecule has 146 valence electrons. The van der Waals surface area contributed by atoms with Crippen LogP contribution in [0.2, 0.25) is 0 Å². The Morgan fingerprint density at radius 3 is 2.71 bits per heavy atom. The third-order valence-corrected chi connectivity index (χ3v) is 3.73. The number of rotatable bonds is 8. The normalized spacial score (nSPS) is 10.5. The van der Waals surface area contributed by atoms with E-state index in [1.165, 1.54) is 18.5 Å². The summed E-state index contributed by atoms with van der Waals surface area (Å²) in [5, 5.41) is 12.2. The van der Waals surface area contributed by atoms with Gasteiger partial charge in [-0.2, -0.15) is 0 Å². The van der Waals surface area contributed by atoms with E-state index in [0.717, 1.165) is 0 Å². The Morgan fingerprint density at radius 2 is 1.96 bits per heavy atom. The highest BCUT2D eigenvalue weighted by Crippen LogP contribution is 2.32. The molecule has 8 nitrogen and oxygen atoms in total. The number of pyridine rings is 1. The first-order chi connectivity index (χ1) is 13.6. The first-order valence-electron chi connectivity index (χ1n) is 8.89. The molecule has 0 aliphatic carbocycles. The number of aromatic hydroxyl groups is 1. The van der Waals surface area contributed by atoms with Gasteiger partial charge in [0.1, 0.15) is 6.26 Å².